The zero-order valence-corrected chi connectivity index (χ0v) is 11.5. The predicted molar refractivity (Wildman–Crippen MR) is 74.9 cm³/mol. The van der Waals surface area contributed by atoms with E-state index in [-0.39, 0.29) is 11.4 Å². The first-order valence-electron chi connectivity index (χ1n) is 6.67. The molecule has 0 unspecified atom stereocenters. The van der Waals surface area contributed by atoms with Gasteiger partial charge in [-0.25, -0.2) is 0 Å². The number of benzene rings is 1. The van der Waals surface area contributed by atoms with Crippen LogP contribution in [0.5, 0.6) is 0 Å². The van der Waals surface area contributed by atoms with Crippen molar-refractivity contribution in [2.24, 2.45) is 0 Å². The van der Waals surface area contributed by atoms with Crippen molar-refractivity contribution in [1.82, 2.24) is 5.32 Å². The minimum absolute atomic E-state index is 0.104. The number of carbonyl (C=O) groups excluding carboxylic acids is 1. The van der Waals surface area contributed by atoms with Crippen LogP contribution < -0.4 is 10.2 Å². The van der Waals surface area contributed by atoms with E-state index < -0.39 is 0 Å². The number of aryl methyl sites for hydroxylation is 1. The fourth-order valence-corrected chi connectivity index (χ4v) is 2.49. The van der Waals surface area contributed by atoms with Crippen molar-refractivity contribution in [2.75, 3.05) is 18.0 Å². The zero-order chi connectivity index (χ0) is 13.2. The lowest BCUT2D eigenvalue weighted by atomic mass is 10.0. The lowest BCUT2D eigenvalue weighted by Gasteiger charge is -2.24. The number of nitrogens with one attached hydrogen (secondary N) is 1. The van der Waals surface area contributed by atoms with Gasteiger partial charge in [0.25, 0.3) is 0 Å². The Balaban J connectivity index is 2.30. The average Bonchev–Trinajstić information content (AvgIpc) is 2.46. The molecule has 1 heterocycles. The molecule has 0 spiro atoms. The fourth-order valence-electron chi connectivity index (χ4n) is 2.49. The number of hydrogen-bond acceptors (Lipinski definition) is 2. The summed E-state index contributed by atoms with van der Waals surface area (Å²) in [6.07, 6.45) is 1.50. The Labute approximate surface area is 109 Å². The summed E-state index contributed by atoms with van der Waals surface area (Å²) in [7, 11) is 0. The summed E-state index contributed by atoms with van der Waals surface area (Å²) < 4.78 is 0. The Morgan fingerprint density at radius 1 is 1.33 bits per heavy atom. The molecule has 1 N–H and O–H groups in total. The van der Waals surface area contributed by atoms with Gasteiger partial charge in [-0.2, -0.15) is 0 Å². The highest BCUT2D eigenvalue weighted by molar-refractivity contribution is 5.95. The van der Waals surface area contributed by atoms with Gasteiger partial charge in [0.15, 0.2) is 0 Å². The molecule has 0 saturated carbocycles. The van der Waals surface area contributed by atoms with Gasteiger partial charge in [0.2, 0.25) is 5.91 Å². The SMILES string of the molecule is CCc1ccccc1N1CCNC(C)(C)CC1=O. The predicted octanol–water partition coefficient (Wildman–Crippen LogP) is 2.35. The molecule has 3 heteroatoms. The number of nitrogens with zero attached hydrogens (tertiary/aromatic N) is 1. The van der Waals surface area contributed by atoms with Crippen LogP contribution in [0.15, 0.2) is 24.3 Å². The Morgan fingerprint density at radius 2 is 2.06 bits per heavy atom. The molecule has 98 valence electrons. The van der Waals surface area contributed by atoms with Crippen molar-refractivity contribution >= 4 is 11.6 Å². The lowest BCUT2D eigenvalue weighted by molar-refractivity contribution is -0.119. The first kappa shape index (κ1) is 13.1. The van der Waals surface area contributed by atoms with Gasteiger partial charge in [-0.05, 0) is 31.9 Å². The summed E-state index contributed by atoms with van der Waals surface area (Å²) in [5.41, 5.74) is 2.21. The third kappa shape index (κ3) is 2.72. The minimum Gasteiger partial charge on any atom is -0.311 e. The van der Waals surface area contributed by atoms with Crippen LogP contribution >= 0.6 is 0 Å². The monoisotopic (exact) mass is 246 g/mol. The van der Waals surface area contributed by atoms with Crippen LogP contribution in [0.4, 0.5) is 5.69 Å². The normalized spacial score (nSPS) is 19.7. The maximum Gasteiger partial charge on any atom is 0.228 e. The molecule has 2 rings (SSSR count). The van der Waals surface area contributed by atoms with E-state index in [1.807, 2.05) is 17.0 Å². The molecule has 1 saturated heterocycles. The molecular formula is C15H22N2O. The fraction of sp³-hybridized carbons (Fsp3) is 0.533. The van der Waals surface area contributed by atoms with Gasteiger partial charge in [-0.3, -0.25) is 4.79 Å². The molecule has 1 aromatic rings. The Kier molecular flexibility index (Phi) is 3.71. The Hall–Kier alpha value is -1.35. The van der Waals surface area contributed by atoms with Crippen LogP contribution in [0.3, 0.4) is 0 Å². The molecule has 3 nitrogen and oxygen atoms in total. The number of rotatable bonds is 2. The van der Waals surface area contributed by atoms with Crippen LogP contribution in [0, 0.1) is 0 Å². The zero-order valence-electron chi connectivity index (χ0n) is 11.5. The van der Waals surface area contributed by atoms with Crippen LogP contribution in [-0.4, -0.2) is 24.5 Å². The smallest absolute Gasteiger partial charge is 0.228 e. The summed E-state index contributed by atoms with van der Waals surface area (Å²) in [4.78, 5) is 14.3. The van der Waals surface area contributed by atoms with Gasteiger partial charge in [-0.1, -0.05) is 25.1 Å². The first-order valence-corrected chi connectivity index (χ1v) is 6.67. The molecule has 1 aromatic carbocycles. The van der Waals surface area contributed by atoms with Crippen molar-refractivity contribution in [2.45, 2.75) is 39.2 Å². The molecule has 0 aliphatic carbocycles. The second-order valence-electron chi connectivity index (χ2n) is 5.52. The molecule has 18 heavy (non-hydrogen) atoms. The molecule has 1 amide bonds. The highest BCUT2D eigenvalue weighted by Crippen LogP contribution is 2.24. The summed E-state index contributed by atoms with van der Waals surface area (Å²) in [6.45, 7) is 7.89. The number of para-hydroxylation sites is 1. The van der Waals surface area contributed by atoms with E-state index in [2.05, 4.69) is 38.2 Å². The third-order valence-corrected chi connectivity index (χ3v) is 3.50. The summed E-state index contributed by atoms with van der Waals surface area (Å²) in [5.74, 6) is 0.214. The largest absolute Gasteiger partial charge is 0.311 e. The van der Waals surface area contributed by atoms with E-state index in [1.165, 1.54) is 5.56 Å². The molecule has 1 fully saturated rings. The van der Waals surface area contributed by atoms with E-state index in [0.29, 0.717) is 6.42 Å². The molecule has 0 aromatic heterocycles. The Bertz CT molecular complexity index is 440. The second kappa shape index (κ2) is 5.11. The molecule has 0 radical (unpaired) electrons. The maximum absolute atomic E-state index is 12.4. The van der Waals surface area contributed by atoms with Gasteiger partial charge in [0.05, 0.1) is 0 Å². The standard InChI is InChI=1S/C15H22N2O/c1-4-12-7-5-6-8-13(12)17-10-9-16-15(2,3)11-14(17)18/h5-8,16H,4,9-11H2,1-3H3. The minimum atomic E-state index is -0.104. The number of anilines is 1. The van der Waals surface area contributed by atoms with Gasteiger partial charge >= 0.3 is 0 Å². The molecular weight excluding hydrogens is 224 g/mol. The van der Waals surface area contributed by atoms with E-state index in [0.717, 1.165) is 25.2 Å². The van der Waals surface area contributed by atoms with E-state index in [1.54, 1.807) is 0 Å². The van der Waals surface area contributed by atoms with Gasteiger partial charge in [-0.15, -0.1) is 0 Å². The number of carbonyl (C=O) groups is 1. The van der Waals surface area contributed by atoms with Gasteiger partial charge in [0, 0.05) is 30.7 Å². The van der Waals surface area contributed by atoms with Crippen molar-refractivity contribution in [3.63, 3.8) is 0 Å². The van der Waals surface area contributed by atoms with Crippen LogP contribution in [0.2, 0.25) is 0 Å². The topological polar surface area (TPSA) is 32.3 Å². The summed E-state index contributed by atoms with van der Waals surface area (Å²) in [6, 6.07) is 8.19. The quantitative estimate of drug-likeness (QED) is 0.868. The highest BCUT2D eigenvalue weighted by atomic mass is 16.2. The van der Waals surface area contributed by atoms with Crippen LogP contribution in [0.1, 0.15) is 32.8 Å². The van der Waals surface area contributed by atoms with E-state index in [4.69, 9.17) is 0 Å². The summed E-state index contributed by atoms with van der Waals surface area (Å²) in [5, 5.41) is 3.43. The van der Waals surface area contributed by atoms with Crippen LogP contribution in [-0.2, 0) is 11.2 Å². The second-order valence-corrected chi connectivity index (χ2v) is 5.52. The molecule has 0 atom stereocenters. The van der Waals surface area contributed by atoms with Crippen molar-refractivity contribution in [1.29, 1.82) is 0 Å². The first-order chi connectivity index (χ1) is 8.53. The molecule has 1 aliphatic heterocycles. The van der Waals surface area contributed by atoms with Crippen molar-refractivity contribution < 1.29 is 4.79 Å². The van der Waals surface area contributed by atoms with E-state index in [9.17, 15) is 4.79 Å². The molecule has 1 aliphatic rings. The number of amides is 1. The highest BCUT2D eigenvalue weighted by Gasteiger charge is 2.29. The van der Waals surface area contributed by atoms with Crippen molar-refractivity contribution in [3.05, 3.63) is 29.8 Å². The average molecular weight is 246 g/mol. The van der Waals surface area contributed by atoms with E-state index >= 15 is 0 Å². The van der Waals surface area contributed by atoms with Gasteiger partial charge < -0.3 is 10.2 Å². The lowest BCUT2D eigenvalue weighted by Crippen LogP contribution is -2.39. The molecule has 0 bridgehead atoms. The maximum atomic E-state index is 12.4. The van der Waals surface area contributed by atoms with Crippen molar-refractivity contribution in [3.8, 4) is 0 Å². The number of hydrogen-bond donors (Lipinski definition) is 1. The van der Waals surface area contributed by atoms with Gasteiger partial charge in [0.1, 0.15) is 0 Å². The summed E-state index contributed by atoms with van der Waals surface area (Å²) >= 11 is 0. The Morgan fingerprint density at radius 3 is 2.78 bits per heavy atom. The van der Waals surface area contributed by atoms with Crippen LogP contribution in [0.25, 0.3) is 0 Å². The third-order valence-electron chi connectivity index (χ3n) is 3.50.